The summed E-state index contributed by atoms with van der Waals surface area (Å²) >= 11 is 5.88. The Bertz CT molecular complexity index is 483. The predicted octanol–water partition coefficient (Wildman–Crippen LogP) is 1.60. The van der Waals surface area contributed by atoms with E-state index in [0.29, 0.717) is 0 Å². The van der Waals surface area contributed by atoms with Crippen LogP contribution in [0.5, 0.6) is 5.75 Å². The van der Waals surface area contributed by atoms with Gasteiger partial charge in [0.05, 0.1) is 5.02 Å². The van der Waals surface area contributed by atoms with Crippen LogP contribution in [0.25, 0.3) is 0 Å². The second-order valence-electron chi connectivity index (χ2n) is 4.02. The van der Waals surface area contributed by atoms with Crippen LogP contribution in [0.15, 0.2) is 18.2 Å². The number of amides is 1. The first-order chi connectivity index (χ1) is 8.51. The molecule has 0 radical (unpaired) electrons. The molecule has 1 aromatic carbocycles. The van der Waals surface area contributed by atoms with Gasteiger partial charge in [-0.3, -0.25) is 10.2 Å². The van der Waals surface area contributed by atoms with Crippen LogP contribution < -0.4 is 16.0 Å². The number of hydrogen-bond acceptors (Lipinski definition) is 4. The fourth-order valence-electron chi connectivity index (χ4n) is 1.42. The lowest BCUT2D eigenvalue weighted by Crippen LogP contribution is -2.44. The van der Waals surface area contributed by atoms with Crippen molar-refractivity contribution in [2.75, 3.05) is 0 Å². The predicted molar refractivity (Wildman–Crippen MR) is 67.8 cm³/mol. The number of nitrogens with zero attached hydrogens (tertiary/aromatic N) is 1. The maximum absolute atomic E-state index is 11.6. The summed E-state index contributed by atoms with van der Waals surface area (Å²) < 4.78 is 5.53. The van der Waals surface area contributed by atoms with Gasteiger partial charge in [0.15, 0.2) is 6.10 Å². The molecule has 1 atom stereocenters. The average Bonchev–Trinajstić information content (AvgIpc) is 2.34. The van der Waals surface area contributed by atoms with E-state index in [1.807, 2.05) is 25.3 Å². The Morgan fingerprint density at radius 3 is 2.72 bits per heavy atom. The van der Waals surface area contributed by atoms with Gasteiger partial charge in [-0.05, 0) is 18.1 Å². The molecule has 96 valence electrons. The van der Waals surface area contributed by atoms with Crippen LogP contribution in [0.4, 0.5) is 0 Å². The number of carbonyl (C=O) groups excluding carboxylic acids is 1. The molecule has 0 aliphatic heterocycles. The Morgan fingerprint density at radius 2 is 2.22 bits per heavy atom. The van der Waals surface area contributed by atoms with Gasteiger partial charge in [-0.15, -0.1) is 0 Å². The lowest BCUT2D eigenvalue weighted by Gasteiger charge is -2.21. The van der Waals surface area contributed by atoms with Gasteiger partial charge in [0, 0.05) is 0 Å². The molecule has 1 unspecified atom stereocenters. The number of rotatable bonds is 4. The van der Waals surface area contributed by atoms with Gasteiger partial charge in [-0.25, -0.2) is 5.84 Å². The molecular formula is C12H14ClN3O2. The summed E-state index contributed by atoms with van der Waals surface area (Å²) in [6, 6.07) is 6.76. The van der Waals surface area contributed by atoms with E-state index in [4.69, 9.17) is 27.4 Å². The fourth-order valence-corrected chi connectivity index (χ4v) is 1.63. The maximum atomic E-state index is 11.6. The molecule has 6 heteroatoms. The van der Waals surface area contributed by atoms with Crippen molar-refractivity contribution in [1.29, 1.82) is 5.26 Å². The van der Waals surface area contributed by atoms with Crippen molar-refractivity contribution in [2.24, 2.45) is 11.8 Å². The minimum absolute atomic E-state index is 0.0981. The molecule has 1 aromatic rings. The number of nitrogens with one attached hydrogen (secondary N) is 1. The summed E-state index contributed by atoms with van der Waals surface area (Å²) in [5, 5.41) is 9.29. The molecule has 0 aliphatic carbocycles. The smallest absolute Gasteiger partial charge is 0.275 e. The summed E-state index contributed by atoms with van der Waals surface area (Å²) in [6.45, 7) is 3.63. The van der Waals surface area contributed by atoms with Crippen molar-refractivity contribution < 1.29 is 9.53 Å². The van der Waals surface area contributed by atoms with Crippen LogP contribution in [0, 0.1) is 17.2 Å². The standard InChI is InChI=1S/C12H14ClN3O2/c1-7(2)11(12(17)16-15)18-10-5-3-4-9(13)8(10)6-14/h3-5,7,11H,15H2,1-2H3,(H,16,17). The van der Waals surface area contributed by atoms with Gasteiger partial charge in [-0.2, -0.15) is 5.26 Å². The number of halogens is 1. The zero-order valence-electron chi connectivity index (χ0n) is 10.1. The summed E-state index contributed by atoms with van der Waals surface area (Å²) in [4.78, 5) is 11.6. The Labute approximate surface area is 110 Å². The van der Waals surface area contributed by atoms with Crippen LogP contribution in [-0.4, -0.2) is 12.0 Å². The summed E-state index contributed by atoms with van der Waals surface area (Å²) in [7, 11) is 0. The lowest BCUT2D eigenvalue weighted by molar-refractivity contribution is -0.129. The number of nitrogens with two attached hydrogens (primary N) is 1. The first-order valence-corrected chi connectivity index (χ1v) is 5.74. The maximum Gasteiger partial charge on any atom is 0.275 e. The number of benzene rings is 1. The van der Waals surface area contributed by atoms with E-state index in [1.165, 1.54) is 0 Å². The van der Waals surface area contributed by atoms with E-state index in [1.54, 1.807) is 18.2 Å². The molecule has 18 heavy (non-hydrogen) atoms. The first-order valence-electron chi connectivity index (χ1n) is 5.37. The average molecular weight is 268 g/mol. The molecule has 0 fully saturated rings. The SMILES string of the molecule is CC(C)C(Oc1cccc(Cl)c1C#N)C(=O)NN. The van der Waals surface area contributed by atoms with Crippen LogP contribution >= 0.6 is 11.6 Å². The second-order valence-corrected chi connectivity index (χ2v) is 4.42. The molecule has 0 saturated heterocycles. The Hall–Kier alpha value is -1.77. The van der Waals surface area contributed by atoms with Gasteiger partial charge < -0.3 is 4.74 Å². The van der Waals surface area contributed by atoms with Crippen molar-refractivity contribution in [2.45, 2.75) is 20.0 Å². The summed E-state index contributed by atoms with van der Waals surface area (Å²) in [5.41, 5.74) is 2.24. The van der Waals surface area contributed by atoms with E-state index in [9.17, 15) is 4.79 Å². The minimum Gasteiger partial charge on any atom is -0.479 e. The van der Waals surface area contributed by atoms with Gasteiger partial charge in [0.1, 0.15) is 17.4 Å². The molecule has 0 aromatic heterocycles. The highest BCUT2D eigenvalue weighted by atomic mass is 35.5. The molecule has 1 rings (SSSR count). The minimum atomic E-state index is -0.777. The molecule has 0 bridgehead atoms. The Kier molecular flexibility index (Phi) is 4.95. The van der Waals surface area contributed by atoms with Crippen LogP contribution in [0.1, 0.15) is 19.4 Å². The van der Waals surface area contributed by atoms with Gasteiger partial charge in [0.25, 0.3) is 5.91 Å². The molecular weight excluding hydrogens is 254 g/mol. The topological polar surface area (TPSA) is 88.1 Å². The molecule has 0 heterocycles. The highest BCUT2D eigenvalue weighted by Gasteiger charge is 2.24. The van der Waals surface area contributed by atoms with E-state index < -0.39 is 12.0 Å². The number of hydrazine groups is 1. The molecule has 1 amide bonds. The van der Waals surface area contributed by atoms with E-state index in [2.05, 4.69) is 0 Å². The first kappa shape index (κ1) is 14.3. The molecule has 0 aliphatic rings. The number of nitriles is 1. The van der Waals surface area contributed by atoms with E-state index >= 15 is 0 Å². The number of carbonyl (C=O) groups is 1. The molecule has 0 spiro atoms. The Morgan fingerprint density at radius 1 is 1.56 bits per heavy atom. The van der Waals surface area contributed by atoms with Crippen molar-refractivity contribution >= 4 is 17.5 Å². The van der Waals surface area contributed by atoms with Crippen molar-refractivity contribution in [1.82, 2.24) is 5.43 Å². The molecule has 5 nitrogen and oxygen atoms in total. The number of ether oxygens (including phenoxy) is 1. The van der Waals surface area contributed by atoms with Crippen LogP contribution in [-0.2, 0) is 4.79 Å². The third-order valence-electron chi connectivity index (χ3n) is 2.35. The van der Waals surface area contributed by atoms with Crippen molar-refractivity contribution in [3.8, 4) is 11.8 Å². The Balaban J connectivity index is 3.06. The van der Waals surface area contributed by atoms with Crippen molar-refractivity contribution in [3.63, 3.8) is 0 Å². The third kappa shape index (κ3) is 3.13. The monoisotopic (exact) mass is 267 g/mol. The van der Waals surface area contributed by atoms with Gasteiger partial charge in [-0.1, -0.05) is 31.5 Å². The second kappa shape index (κ2) is 6.24. The quantitative estimate of drug-likeness (QED) is 0.493. The third-order valence-corrected chi connectivity index (χ3v) is 2.66. The van der Waals surface area contributed by atoms with E-state index in [-0.39, 0.29) is 22.3 Å². The highest BCUT2D eigenvalue weighted by Crippen LogP contribution is 2.27. The van der Waals surface area contributed by atoms with Crippen LogP contribution in [0.2, 0.25) is 5.02 Å². The van der Waals surface area contributed by atoms with E-state index in [0.717, 1.165) is 0 Å². The molecule has 3 N–H and O–H groups in total. The van der Waals surface area contributed by atoms with Gasteiger partial charge >= 0.3 is 0 Å². The number of hydrogen-bond donors (Lipinski definition) is 2. The normalized spacial score (nSPS) is 11.8. The lowest BCUT2D eigenvalue weighted by atomic mass is 10.1. The largest absolute Gasteiger partial charge is 0.479 e. The molecule has 0 saturated carbocycles. The zero-order valence-corrected chi connectivity index (χ0v) is 10.9. The van der Waals surface area contributed by atoms with Crippen molar-refractivity contribution in [3.05, 3.63) is 28.8 Å². The van der Waals surface area contributed by atoms with Gasteiger partial charge in [0.2, 0.25) is 0 Å². The van der Waals surface area contributed by atoms with Crippen LogP contribution in [0.3, 0.4) is 0 Å². The zero-order chi connectivity index (χ0) is 13.7. The summed E-state index contributed by atoms with van der Waals surface area (Å²) in [6.07, 6.45) is -0.777. The highest BCUT2D eigenvalue weighted by molar-refractivity contribution is 6.31. The fraction of sp³-hybridized carbons (Fsp3) is 0.333. The summed E-state index contributed by atoms with van der Waals surface area (Å²) in [5.74, 6) is 4.82.